The van der Waals surface area contributed by atoms with Crippen LogP contribution in [-0.4, -0.2) is 0 Å². The first kappa shape index (κ1) is 10.4. The van der Waals surface area contributed by atoms with Gasteiger partial charge in [0.15, 0.2) is 0 Å². The standard InChI is InChI=1S/C7H6F3IN2/c8-7(9,10)3-1-2-4(11)6(13)5(3)12/h1-2H,12-13H2. The Morgan fingerprint density at radius 1 is 1.08 bits per heavy atom. The zero-order valence-corrected chi connectivity index (χ0v) is 8.48. The Kier molecular flexibility index (Phi) is 2.60. The van der Waals surface area contributed by atoms with E-state index < -0.39 is 17.4 Å². The second-order valence-corrected chi connectivity index (χ2v) is 3.58. The van der Waals surface area contributed by atoms with Gasteiger partial charge in [0.2, 0.25) is 0 Å². The third-order valence-electron chi connectivity index (χ3n) is 1.54. The summed E-state index contributed by atoms with van der Waals surface area (Å²) in [5.74, 6) is 0. The summed E-state index contributed by atoms with van der Waals surface area (Å²) in [5.41, 5.74) is 9.26. The predicted molar refractivity (Wildman–Crippen MR) is 53.0 cm³/mol. The molecule has 0 saturated heterocycles. The fourth-order valence-corrected chi connectivity index (χ4v) is 1.33. The van der Waals surface area contributed by atoms with Gasteiger partial charge in [-0.05, 0) is 34.7 Å². The van der Waals surface area contributed by atoms with E-state index in [9.17, 15) is 13.2 Å². The van der Waals surface area contributed by atoms with Crippen molar-refractivity contribution in [2.75, 3.05) is 11.5 Å². The molecule has 0 aliphatic carbocycles. The van der Waals surface area contributed by atoms with Gasteiger partial charge in [-0.1, -0.05) is 0 Å². The average molecular weight is 302 g/mol. The van der Waals surface area contributed by atoms with Gasteiger partial charge in [-0.15, -0.1) is 0 Å². The van der Waals surface area contributed by atoms with Crippen molar-refractivity contribution < 1.29 is 13.2 Å². The van der Waals surface area contributed by atoms with Crippen LogP contribution in [0.1, 0.15) is 5.56 Å². The number of rotatable bonds is 0. The maximum Gasteiger partial charge on any atom is 0.418 e. The lowest BCUT2D eigenvalue weighted by molar-refractivity contribution is -0.136. The summed E-state index contributed by atoms with van der Waals surface area (Å²) in [5, 5.41) is 0. The topological polar surface area (TPSA) is 52.0 Å². The van der Waals surface area contributed by atoms with Crippen LogP contribution in [0.25, 0.3) is 0 Å². The van der Waals surface area contributed by atoms with Gasteiger partial charge >= 0.3 is 6.18 Å². The van der Waals surface area contributed by atoms with Gasteiger partial charge in [-0.3, -0.25) is 0 Å². The molecule has 0 heterocycles. The molecule has 0 bridgehead atoms. The van der Waals surface area contributed by atoms with Crippen molar-refractivity contribution in [1.82, 2.24) is 0 Å². The minimum absolute atomic E-state index is 0.0181. The monoisotopic (exact) mass is 302 g/mol. The first-order valence-corrected chi connectivity index (χ1v) is 4.32. The maximum absolute atomic E-state index is 12.2. The molecule has 1 aromatic rings. The number of alkyl halides is 3. The Labute approximate surface area is 86.2 Å². The highest BCUT2D eigenvalue weighted by atomic mass is 127. The van der Waals surface area contributed by atoms with Crippen molar-refractivity contribution in [2.24, 2.45) is 0 Å². The lowest BCUT2D eigenvalue weighted by atomic mass is 10.1. The molecule has 2 nitrogen and oxygen atoms in total. The van der Waals surface area contributed by atoms with Crippen LogP contribution in [0, 0.1) is 3.57 Å². The molecule has 0 aliphatic heterocycles. The normalized spacial score (nSPS) is 11.7. The molecule has 6 heteroatoms. The van der Waals surface area contributed by atoms with Crippen molar-refractivity contribution in [1.29, 1.82) is 0 Å². The summed E-state index contributed by atoms with van der Waals surface area (Å²) >= 11 is 1.82. The lowest BCUT2D eigenvalue weighted by Crippen LogP contribution is -2.11. The van der Waals surface area contributed by atoms with E-state index >= 15 is 0 Å². The van der Waals surface area contributed by atoms with Gasteiger partial charge in [0.05, 0.1) is 16.9 Å². The van der Waals surface area contributed by atoms with Crippen LogP contribution < -0.4 is 11.5 Å². The lowest BCUT2D eigenvalue weighted by Gasteiger charge is -2.12. The number of hydrogen-bond acceptors (Lipinski definition) is 2. The summed E-state index contributed by atoms with van der Waals surface area (Å²) in [6.45, 7) is 0. The van der Waals surface area contributed by atoms with E-state index in [0.717, 1.165) is 6.07 Å². The maximum atomic E-state index is 12.2. The van der Waals surface area contributed by atoms with Gasteiger partial charge in [-0.2, -0.15) is 13.2 Å². The molecule has 13 heavy (non-hydrogen) atoms. The molecule has 0 atom stereocenters. The summed E-state index contributed by atoms with van der Waals surface area (Å²) in [6.07, 6.45) is -4.44. The fraction of sp³-hybridized carbons (Fsp3) is 0.143. The first-order valence-electron chi connectivity index (χ1n) is 3.24. The van der Waals surface area contributed by atoms with E-state index in [1.807, 2.05) is 22.6 Å². The molecule has 0 amide bonds. The minimum Gasteiger partial charge on any atom is -0.397 e. The third-order valence-corrected chi connectivity index (χ3v) is 2.48. The molecular weight excluding hydrogens is 296 g/mol. The Bertz CT molecular complexity index is 335. The van der Waals surface area contributed by atoms with E-state index in [4.69, 9.17) is 11.5 Å². The van der Waals surface area contributed by atoms with E-state index in [1.165, 1.54) is 6.07 Å². The van der Waals surface area contributed by atoms with Crippen LogP contribution in [0.3, 0.4) is 0 Å². The van der Waals surface area contributed by atoms with Crippen LogP contribution in [0.5, 0.6) is 0 Å². The summed E-state index contributed by atoms with van der Waals surface area (Å²) in [6, 6.07) is 2.21. The highest BCUT2D eigenvalue weighted by molar-refractivity contribution is 14.1. The quantitative estimate of drug-likeness (QED) is 0.571. The van der Waals surface area contributed by atoms with Crippen molar-refractivity contribution >= 4 is 34.0 Å². The van der Waals surface area contributed by atoms with Crippen LogP contribution in [-0.2, 0) is 6.18 Å². The van der Waals surface area contributed by atoms with Gasteiger partial charge < -0.3 is 11.5 Å². The number of hydrogen-bond donors (Lipinski definition) is 2. The van der Waals surface area contributed by atoms with Gasteiger partial charge in [0.25, 0.3) is 0 Å². The molecule has 0 fully saturated rings. The molecule has 0 spiro atoms. The zero-order valence-electron chi connectivity index (χ0n) is 6.32. The molecule has 0 aromatic heterocycles. The zero-order chi connectivity index (χ0) is 10.2. The Hall–Kier alpha value is -0.660. The molecule has 0 radical (unpaired) electrons. The summed E-state index contributed by atoms with van der Waals surface area (Å²) in [4.78, 5) is 0. The summed E-state index contributed by atoms with van der Waals surface area (Å²) in [7, 11) is 0. The van der Waals surface area contributed by atoms with Crippen LogP contribution in [0.4, 0.5) is 24.5 Å². The molecule has 72 valence electrons. The molecular formula is C7H6F3IN2. The minimum atomic E-state index is -4.44. The van der Waals surface area contributed by atoms with Crippen molar-refractivity contribution in [2.45, 2.75) is 6.18 Å². The summed E-state index contributed by atoms with van der Waals surface area (Å²) < 4.78 is 37.2. The van der Waals surface area contributed by atoms with Gasteiger partial charge in [0, 0.05) is 3.57 Å². The highest BCUT2D eigenvalue weighted by Crippen LogP contribution is 2.37. The smallest absolute Gasteiger partial charge is 0.397 e. The first-order chi connectivity index (χ1) is 5.84. The second kappa shape index (κ2) is 3.24. The van der Waals surface area contributed by atoms with Crippen molar-refractivity contribution in [3.05, 3.63) is 21.3 Å². The Morgan fingerprint density at radius 2 is 1.62 bits per heavy atom. The second-order valence-electron chi connectivity index (χ2n) is 2.42. The Balaban J connectivity index is 3.35. The number of halogens is 4. The molecule has 1 aromatic carbocycles. The number of nitrogens with two attached hydrogens (primary N) is 2. The van der Waals surface area contributed by atoms with Crippen LogP contribution in [0.15, 0.2) is 12.1 Å². The van der Waals surface area contributed by atoms with E-state index in [1.54, 1.807) is 0 Å². The van der Waals surface area contributed by atoms with Crippen molar-refractivity contribution in [3.8, 4) is 0 Å². The number of benzene rings is 1. The van der Waals surface area contributed by atoms with Gasteiger partial charge in [-0.25, -0.2) is 0 Å². The average Bonchev–Trinajstić information content (AvgIpc) is 1.98. The largest absolute Gasteiger partial charge is 0.418 e. The van der Waals surface area contributed by atoms with Crippen LogP contribution >= 0.6 is 22.6 Å². The SMILES string of the molecule is Nc1c(I)ccc(C(F)(F)F)c1N. The highest BCUT2D eigenvalue weighted by Gasteiger charge is 2.33. The third kappa shape index (κ3) is 1.98. The molecule has 0 unspecified atom stereocenters. The number of nitrogen functional groups attached to an aromatic ring is 2. The van der Waals surface area contributed by atoms with E-state index in [0.29, 0.717) is 3.57 Å². The molecule has 1 rings (SSSR count). The molecule has 4 N–H and O–H groups in total. The van der Waals surface area contributed by atoms with Crippen LogP contribution in [0.2, 0.25) is 0 Å². The van der Waals surface area contributed by atoms with E-state index in [2.05, 4.69) is 0 Å². The van der Waals surface area contributed by atoms with E-state index in [-0.39, 0.29) is 5.69 Å². The predicted octanol–water partition coefficient (Wildman–Crippen LogP) is 2.47. The molecule has 0 saturated carbocycles. The van der Waals surface area contributed by atoms with Gasteiger partial charge in [0.1, 0.15) is 0 Å². The Morgan fingerprint density at radius 3 is 2.08 bits per heavy atom. The fourth-order valence-electron chi connectivity index (χ4n) is 0.857. The number of anilines is 2. The van der Waals surface area contributed by atoms with Crippen molar-refractivity contribution in [3.63, 3.8) is 0 Å². The molecule has 0 aliphatic rings.